The average Bonchev–Trinajstić information content (AvgIpc) is 3.00. The molecular formula is C17H22Cl3N5O2. The summed E-state index contributed by atoms with van der Waals surface area (Å²) in [6, 6.07) is 3.52. The average molecular weight is 435 g/mol. The number of aromatic nitrogens is 1. The largest absolute Gasteiger partial charge is 0.364 e. The minimum absolute atomic E-state index is 0.159. The van der Waals surface area contributed by atoms with Gasteiger partial charge in [0.05, 0.1) is 4.92 Å². The fourth-order valence-electron chi connectivity index (χ4n) is 2.64. The first-order valence-corrected chi connectivity index (χ1v) is 9.43. The molecule has 0 aromatic carbocycles. The highest BCUT2D eigenvalue weighted by atomic mass is 35.5. The molecule has 1 aromatic heterocycles. The molecule has 0 atom stereocenters. The van der Waals surface area contributed by atoms with Gasteiger partial charge in [0.25, 0.3) is 0 Å². The molecule has 148 valence electrons. The van der Waals surface area contributed by atoms with E-state index in [9.17, 15) is 10.1 Å². The van der Waals surface area contributed by atoms with Crippen LogP contribution < -0.4 is 5.32 Å². The zero-order valence-corrected chi connectivity index (χ0v) is 17.9. The third kappa shape index (κ3) is 5.18. The lowest BCUT2D eigenvalue weighted by atomic mass is 10.1. The molecule has 10 heteroatoms. The first-order chi connectivity index (χ1) is 12.5. The molecule has 27 heavy (non-hydrogen) atoms. The smallest absolute Gasteiger partial charge is 0.334 e. The van der Waals surface area contributed by atoms with Crippen LogP contribution in [0, 0.1) is 10.1 Å². The summed E-state index contributed by atoms with van der Waals surface area (Å²) < 4.78 is -0.159. The summed E-state index contributed by atoms with van der Waals surface area (Å²) in [4.78, 5) is 19.2. The molecular weight excluding hydrogens is 413 g/mol. The molecule has 0 radical (unpaired) electrons. The molecule has 1 fully saturated rings. The van der Waals surface area contributed by atoms with Gasteiger partial charge < -0.3 is 15.1 Å². The Bertz CT molecular complexity index is 768. The SMILES string of the molecule is CN(C(=C(Cl)Cl)/C(=C1/NCCN1Cc1ccc(Cl)nc1)[N+](=O)[O-])C(C)(C)C. The number of nitro groups is 1. The van der Waals surface area contributed by atoms with Crippen molar-refractivity contribution in [3.8, 4) is 0 Å². The first-order valence-electron chi connectivity index (χ1n) is 8.29. The summed E-state index contributed by atoms with van der Waals surface area (Å²) in [5, 5.41) is 15.5. The molecule has 1 aromatic rings. The molecule has 1 saturated heterocycles. The van der Waals surface area contributed by atoms with Crippen molar-refractivity contribution in [1.82, 2.24) is 20.1 Å². The minimum atomic E-state index is -0.455. The van der Waals surface area contributed by atoms with Crippen molar-refractivity contribution in [2.24, 2.45) is 0 Å². The second-order valence-corrected chi connectivity index (χ2v) is 8.47. The Morgan fingerprint density at radius 3 is 2.56 bits per heavy atom. The summed E-state index contributed by atoms with van der Waals surface area (Å²) in [6.07, 6.45) is 1.65. The number of hydrogen-bond acceptors (Lipinski definition) is 6. The second kappa shape index (κ2) is 8.54. The Balaban J connectivity index is 2.50. The van der Waals surface area contributed by atoms with E-state index in [2.05, 4.69) is 10.3 Å². The molecule has 0 spiro atoms. The van der Waals surface area contributed by atoms with E-state index in [1.807, 2.05) is 31.7 Å². The van der Waals surface area contributed by atoms with E-state index in [1.54, 1.807) is 24.2 Å². The summed E-state index contributed by atoms with van der Waals surface area (Å²) in [5.41, 5.74) is 0.469. The maximum absolute atomic E-state index is 12.0. The number of rotatable bonds is 5. The Morgan fingerprint density at radius 1 is 1.41 bits per heavy atom. The molecule has 2 heterocycles. The summed E-state index contributed by atoms with van der Waals surface area (Å²) in [7, 11) is 1.73. The number of likely N-dealkylation sites (N-methyl/N-ethyl adjacent to an activating group) is 1. The topological polar surface area (TPSA) is 74.5 Å². The van der Waals surface area contributed by atoms with E-state index >= 15 is 0 Å². The van der Waals surface area contributed by atoms with Gasteiger partial charge in [-0.3, -0.25) is 10.1 Å². The van der Waals surface area contributed by atoms with Crippen LogP contribution >= 0.6 is 34.8 Å². The molecule has 0 saturated carbocycles. The molecule has 0 aliphatic carbocycles. The third-order valence-corrected chi connectivity index (χ3v) is 4.89. The van der Waals surface area contributed by atoms with Crippen molar-refractivity contribution in [2.45, 2.75) is 32.9 Å². The van der Waals surface area contributed by atoms with Crippen LogP contribution in [-0.2, 0) is 6.54 Å². The maximum Gasteiger partial charge on any atom is 0.334 e. The van der Waals surface area contributed by atoms with Crippen LogP contribution in [0.25, 0.3) is 0 Å². The Hall–Kier alpha value is -1.70. The monoisotopic (exact) mass is 433 g/mol. The zero-order valence-electron chi connectivity index (χ0n) is 15.6. The number of hydrogen-bond donors (Lipinski definition) is 1. The molecule has 1 N–H and O–H groups in total. The molecule has 7 nitrogen and oxygen atoms in total. The van der Waals surface area contributed by atoms with Gasteiger partial charge in [0.1, 0.15) is 9.64 Å². The Kier molecular flexibility index (Phi) is 6.83. The van der Waals surface area contributed by atoms with Crippen LogP contribution in [0.3, 0.4) is 0 Å². The minimum Gasteiger partial charge on any atom is -0.364 e. The molecule has 1 aliphatic rings. The Morgan fingerprint density at radius 2 is 2.07 bits per heavy atom. The summed E-state index contributed by atoms with van der Waals surface area (Å²) in [6.45, 7) is 7.37. The van der Waals surface area contributed by atoms with Crippen molar-refractivity contribution in [1.29, 1.82) is 0 Å². The van der Waals surface area contributed by atoms with Crippen LogP contribution in [0.4, 0.5) is 0 Å². The van der Waals surface area contributed by atoms with Crippen LogP contribution in [0.5, 0.6) is 0 Å². The van der Waals surface area contributed by atoms with Gasteiger partial charge in [-0.15, -0.1) is 0 Å². The van der Waals surface area contributed by atoms with Gasteiger partial charge in [0.2, 0.25) is 0 Å². The molecule has 0 amide bonds. The fourth-order valence-corrected chi connectivity index (χ4v) is 3.18. The lowest BCUT2D eigenvalue weighted by molar-refractivity contribution is -0.425. The quantitative estimate of drug-likeness (QED) is 0.429. The molecule has 0 bridgehead atoms. The molecule has 2 rings (SSSR count). The third-order valence-electron chi connectivity index (χ3n) is 4.30. The highest BCUT2D eigenvalue weighted by Gasteiger charge is 2.37. The normalized spacial score (nSPS) is 16.0. The summed E-state index contributed by atoms with van der Waals surface area (Å²) in [5.74, 6) is 0.375. The van der Waals surface area contributed by atoms with E-state index < -0.39 is 10.5 Å². The van der Waals surface area contributed by atoms with Crippen LogP contribution in [-0.4, -0.2) is 45.4 Å². The number of nitrogens with zero attached hydrogens (tertiary/aromatic N) is 4. The zero-order chi connectivity index (χ0) is 20.4. The first kappa shape index (κ1) is 21.6. The van der Waals surface area contributed by atoms with Gasteiger partial charge in [-0.1, -0.05) is 40.9 Å². The highest BCUT2D eigenvalue weighted by Crippen LogP contribution is 2.32. The van der Waals surface area contributed by atoms with Crippen LogP contribution in [0.2, 0.25) is 5.15 Å². The van der Waals surface area contributed by atoms with Crippen LogP contribution in [0.1, 0.15) is 26.3 Å². The Labute approximate surface area is 173 Å². The molecule has 1 aliphatic heterocycles. The van der Waals surface area contributed by atoms with E-state index in [4.69, 9.17) is 34.8 Å². The van der Waals surface area contributed by atoms with Gasteiger partial charge in [-0.25, -0.2) is 4.98 Å². The van der Waals surface area contributed by atoms with E-state index in [0.717, 1.165) is 5.56 Å². The van der Waals surface area contributed by atoms with Gasteiger partial charge in [0, 0.05) is 38.4 Å². The maximum atomic E-state index is 12.0. The van der Waals surface area contributed by atoms with Crippen molar-refractivity contribution in [3.05, 3.63) is 60.9 Å². The lowest BCUT2D eigenvalue weighted by Crippen LogP contribution is -2.40. The van der Waals surface area contributed by atoms with E-state index in [1.165, 1.54) is 0 Å². The van der Waals surface area contributed by atoms with Crippen molar-refractivity contribution in [2.75, 3.05) is 20.1 Å². The van der Waals surface area contributed by atoms with E-state index in [0.29, 0.717) is 30.6 Å². The lowest BCUT2D eigenvalue weighted by Gasteiger charge is -2.35. The van der Waals surface area contributed by atoms with Crippen molar-refractivity contribution < 1.29 is 4.92 Å². The highest BCUT2D eigenvalue weighted by molar-refractivity contribution is 6.56. The van der Waals surface area contributed by atoms with Gasteiger partial charge in [-0.05, 0) is 32.4 Å². The standard InChI is InChI=1S/C17H22Cl3N5O2/c1-17(2,3)23(4)13(15(19)20)14(25(26)27)16-21-7-8-24(16)10-11-5-6-12(18)22-9-11/h5-6,9,21H,7-8,10H2,1-4H3/b16-14+. The van der Waals surface area contributed by atoms with Crippen molar-refractivity contribution >= 4 is 34.8 Å². The van der Waals surface area contributed by atoms with Crippen molar-refractivity contribution in [3.63, 3.8) is 0 Å². The number of halogens is 3. The summed E-state index contributed by atoms with van der Waals surface area (Å²) >= 11 is 18.0. The van der Waals surface area contributed by atoms with E-state index in [-0.39, 0.29) is 15.9 Å². The molecule has 0 unspecified atom stereocenters. The van der Waals surface area contributed by atoms with Gasteiger partial charge in [-0.2, -0.15) is 0 Å². The fraction of sp³-hybridized carbons (Fsp3) is 0.471. The van der Waals surface area contributed by atoms with Crippen LogP contribution in [0.15, 0.2) is 40.0 Å². The number of pyridine rings is 1. The predicted octanol–water partition coefficient (Wildman–Crippen LogP) is 3.96. The van der Waals surface area contributed by atoms with Gasteiger partial charge >= 0.3 is 5.70 Å². The number of nitrogens with one attached hydrogen (secondary N) is 1. The van der Waals surface area contributed by atoms with Gasteiger partial charge in [0.15, 0.2) is 11.5 Å². The predicted molar refractivity (Wildman–Crippen MR) is 108 cm³/mol. The second-order valence-electron chi connectivity index (χ2n) is 7.13.